The summed E-state index contributed by atoms with van der Waals surface area (Å²) in [6, 6.07) is 5.63. The van der Waals surface area contributed by atoms with E-state index >= 15 is 0 Å². The van der Waals surface area contributed by atoms with Crippen LogP contribution in [0.4, 0.5) is 0 Å². The van der Waals surface area contributed by atoms with Gasteiger partial charge in [0.15, 0.2) is 11.5 Å². The lowest BCUT2D eigenvalue weighted by atomic mass is 10.2. The fourth-order valence-electron chi connectivity index (χ4n) is 1.99. The Morgan fingerprint density at radius 2 is 1.65 bits per heavy atom. The van der Waals surface area contributed by atoms with Crippen LogP contribution in [-0.2, 0) is 0 Å². The van der Waals surface area contributed by atoms with E-state index in [-0.39, 0.29) is 0 Å². The van der Waals surface area contributed by atoms with E-state index in [1.807, 2.05) is 18.2 Å². The molecule has 1 N–H and O–H groups in total. The number of nitrogens with one attached hydrogen (secondary N) is 1. The Kier molecular flexibility index (Phi) is 8.63. The van der Waals surface area contributed by atoms with Gasteiger partial charge in [-0.25, -0.2) is 0 Å². The van der Waals surface area contributed by atoms with Gasteiger partial charge in [-0.05, 0) is 25.1 Å². The second-order valence-electron chi connectivity index (χ2n) is 4.65. The van der Waals surface area contributed by atoms with Crippen LogP contribution < -0.4 is 19.5 Å². The molecule has 1 rings (SSSR count). The van der Waals surface area contributed by atoms with Crippen LogP contribution in [0.1, 0.15) is 32.6 Å². The molecular weight excluding hydrogens is 254 g/mol. The van der Waals surface area contributed by atoms with Crippen LogP contribution in [-0.4, -0.2) is 33.9 Å². The third kappa shape index (κ3) is 5.70. The second kappa shape index (κ2) is 10.4. The van der Waals surface area contributed by atoms with Crippen LogP contribution >= 0.6 is 0 Å². The molecule has 4 heteroatoms. The lowest BCUT2D eigenvalue weighted by molar-refractivity contribution is 0.273. The van der Waals surface area contributed by atoms with Crippen LogP contribution in [0.2, 0.25) is 0 Å². The number of hydrogen-bond acceptors (Lipinski definition) is 4. The van der Waals surface area contributed by atoms with Crippen molar-refractivity contribution in [3.05, 3.63) is 18.2 Å². The molecule has 0 heterocycles. The first kappa shape index (κ1) is 16.6. The highest BCUT2D eigenvalue weighted by molar-refractivity contribution is 5.51. The zero-order valence-electron chi connectivity index (χ0n) is 12.9. The van der Waals surface area contributed by atoms with Crippen molar-refractivity contribution < 1.29 is 14.2 Å². The van der Waals surface area contributed by atoms with Crippen molar-refractivity contribution in [2.45, 2.75) is 32.6 Å². The molecule has 0 radical (unpaired) electrons. The number of methoxy groups -OCH3 is 2. The molecule has 0 fully saturated rings. The molecule has 0 saturated carbocycles. The average molecular weight is 281 g/mol. The van der Waals surface area contributed by atoms with Gasteiger partial charge in [0.1, 0.15) is 6.61 Å². The Balaban J connectivity index is 2.27. The summed E-state index contributed by atoms with van der Waals surface area (Å²) in [6.07, 6.45) is 5.11. The summed E-state index contributed by atoms with van der Waals surface area (Å²) in [5, 5.41) is 3.38. The van der Waals surface area contributed by atoms with Crippen molar-refractivity contribution in [1.29, 1.82) is 0 Å². The van der Waals surface area contributed by atoms with Crippen LogP contribution in [0.5, 0.6) is 17.2 Å². The van der Waals surface area contributed by atoms with Crippen molar-refractivity contribution >= 4 is 0 Å². The molecule has 20 heavy (non-hydrogen) atoms. The molecule has 114 valence electrons. The predicted molar refractivity (Wildman–Crippen MR) is 82.1 cm³/mol. The Hall–Kier alpha value is -1.42. The molecule has 4 nitrogen and oxygen atoms in total. The molecule has 0 atom stereocenters. The summed E-state index contributed by atoms with van der Waals surface area (Å²) >= 11 is 0. The Morgan fingerprint density at radius 3 is 2.25 bits per heavy atom. The number of benzene rings is 1. The molecule has 1 aromatic rings. The zero-order valence-corrected chi connectivity index (χ0v) is 12.9. The maximum atomic E-state index is 5.77. The summed E-state index contributed by atoms with van der Waals surface area (Å²) in [5.74, 6) is 2.07. The van der Waals surface area contributed by atoms with Crippen LogP contribution in [0, 0.1) is 0 Å². The first-order valence-corrected chi connectivity index (χ1v) is 7.38. The van der Waals surface area contributed by atoms with E-state index in [4.69, 9.17) is 14.2 Å². The van der Waals surface area contributed by atoms with Gasteiger partial charge in [-0.1, -0.05) is 32.3 Å². The fraction of sp³-hybridized carbons (Fsp3) is 0.625. The number of para-hydroxylation sites is 1. The van der Waals surface area contributed by atoms with E-state index in [9.17, 15) is 0 Å². The molecule has 0 unspecified atom stereocenters. The van der Waals surface area contributed by atoms with E-state index < -0.39 is 0 Å². The lowest BCUT2D eigenvalue weighted by Gasteiger charge is -2.14. The summed E-state index contributed by atoms with van der Waals surface area (Å²) in [5.41, 5.74) is 0. The number of hydrogen-bond donors (Lipinski definition) is 1. The minimum Gasteiger partial charge on any atom is -0.493 e. The van der Waals surface area contributed by atoms with Gasteiger partial charge in [-0.15, -0.1) is 0 Å². The number of ether oxygens (including phenoxy) is 3. The third-order valence-corrected chi connectivity index (χ3v) is 3.11. The maximum Gasteiger partial charge on any atom is 0.203 e. The maximum absolute atomic E-state index is 5.77. The SMILES string of the molecule is CCCCCCNCCOc1c(OC)cccc1OC. The molecule has 0 bridgehead atoms. The lowest BCUT2D eigenvalue weighted by Crippen LogP contribution is -2.22. The van der Waals surface area contributed by atoms with Gasteiger partial charge < -0.3 is 19.5 Å². The summed E-state index contributed by atoms with van der Waals surface area (Å²) in [7, 11) is 3.27. The van der Waals surface area contributed by atoms with Crippen molar-refractivity contribution in [1.82, 2.24) is 5.32 Å². The Morgan fingerprint density at radius 1 is 0.950 bits per heavy atom. The molecule has 0 aromatic heterocycles. The molecule has 0 aliphatic rings. The van der Waals surface area contributed by atoms with Crippen LogP contribution in [0.3, 0.4) is 0 Å². The van der Waals surface area contributed by atoms with Crippen LogP contribution in [0.25, 0.3) is 0 Å². The molecule has 0 aliphatic heterocycles. The van der Waals surface area contributed by atoms with Gasteiger partial charge in [-0.2, -0.15) is 0 Å². The molecular formula is C16H27NO3. The van der Waals surface area contributed by atoms with Gasteiger partial charge in [0, 0.05) is 6.54 Å². The van der Waals surface area contributed by atoms with Gasteiger partial charge in [0.25, 0.3) is 0 Å². The quantitative estimate of drug-likeness (QED) is 0.632. The van der Waals surface area contributed by atoms with Crippen LogP contribution in [0.15, 0.2) is 18.2 Å². The van der Waals surface area contributed by atoms with Crippen molar-refractivity contribution in [3.63, 3.8) is 0 Å². The van der Waals surface area contributed by atoms with E-state index in [1.165, 1.54) is 25.7 Å². The molecule has 0 amide bonds. The standard InChI is InChI=1S/C16H27NO3/c1-4-5-6-7-11-17-12-13-20-16-14(18-2)9-8-10-15(16)19-3/h8-10,17H,4-7,11-13H2,1-3H3. The Bertz CT molecular complexity index is 346. The zero-order chi connectivity index (χ0) is 14.6. The molecule has 0 aliphatic carbocycles. The summed E-state index contributed by atoms with van der Waals surface area (Å²) in [6.45, 7) is 4.70. The van der Waals surface area contributed by atoms with E-state index in [2.05, 4.69) is 12.2 Å². The fourth-order valence-corrected chi connectivity index (χ4v) is 1.99. The minimum absolute atomic E-state index is 0.602. The highest BCUT2D eigenvalue weighted by Crippen LogP contribution is 2.36. The van der Waals surface area contributed by atoms with Crippen molar-refractivity contribution in [2.75, 3.05) is 33.9 Å². The smallest absolute Gasteiger partial charge is 0.203 e. The first-order chi connectivity index (χ1) is 9.83. The first-order valence-electron chi connectivity index (χ1n) is 7.38. The number of rotatable bonds is 11. The minimum atomic E-state index is 0.602. The number of unbranched alkanes of at least 4 members (excludes halogenated alkanes) is 3. The van der Waals surface area contributed by atoms with E-state index in [0.29, 0.717) is 23.9 Å². The van der Waals surface area contributed by atoms with Crippen molar-refractivity contribution in [3.8, 4) is 17.2 Å². The predicted octanol–water partition coefficient (Wildman–Crippen LogP) is 3.25. The van der Waals surface area contributed by atoms with Gasteiger partial charge in [0.2, 0.25) is 5.75 Å². The van der Waals surface area contributed by atoms with E-state index in [0.717, 1.165) is 13.1 Å². The average Bonchev–Trinajstić information content (AvgIpc) is 2.49. The van der Waals surface area contributed by atoms with E-state index in [1.54, 1.807) is 14.2 Å². The summed E-state index contributed by atoms with van der Waals surface area (Å²) in [4.78, 5) is 0. The largest absolute Gasteiger partial charge is 0.493 e. The molecule has 1 aromatic carbocycles. The van der Waals surface area contributed by atoms with Gasteiger partial charge in [-0.3, -0.25) is 0 Å². The second-order valence-corrected chi connectivity index (χ2v) is 4.65. The highest BCUT2D eigenvalue weighted by atomic mass is 16.5. The highest BCUT2D eigenvalue weighted by Gasteiger charge is 2.10. The normalized spacial score (nSPS) is 10.3. The monoisotopic (exact) mass is 281 g/mol. The Labute approximate surface area is 122 Å². The van der Waals surface area contributed by atoms with Gasteiger partial charge >= 0.3 is 0 Å². The third-order valence-electron chi connectivity index (χ3n) is 3.11. The molecule has 0 spiro atoms. The molecule has 0 saturated heterocycles. The topological polar surface area (TPSA) is 39.7 Å². The summed E-state index contributed by atoms with van der Waals surface area (Å²) < 4.78 is 16.3. The van der Waals surface area contributed by atoms with Gasteiger partial charge in [0.05, 0.1) is 14.2 Å². The van der Waals surface area contributed by atoms with Crippen molar-refractivity contribution in [2.24, 2.45) is 0 Å².